The first-order valence-electron chi connectivity index (χ1n) is 11.1. The lowest BCUT2D eigenvalue weighted by atomic mass is 9.95. The normalized spacial score (nSPS) is 15.9. The average molecular weight is 612 g/mol. The molecule has 0 aliphatic carbocycles. The minimum Gasteiger partial charge on any atom is -0.429 e. The molecule has 17 heteroatoms. The number of cyclic esters (lactones) is 1. The Morgan fingerprint density at radius 1 is 0.619 bits per heavy atom. The lowest BCUT2D eigenvalue weighted by Gasteiger charge is -2.23. The van der Waals surface area contributed by atoms with Gasteiger partial charge in [0.05, 0.1) is 12.8 Å². The molecule has 1 unspecified atom stereocenters. The molecular formula is C25H10F10O7. The van der Waals surface area contributed by atoms with E-state index >= 15 is 0 Å². The summed E-state index contributed by atoms with van der Waals surface area (Å²) in [6.07, 6.45) is -4.91. The number of esters is 3. The number of halogens is 10. The minimum atomic E-state index is -2.94. The summed E-state index contributed by atoms with van der Waals surface area (Å²) in [4.78, 5) is 37.9. The largest absolute Gasteiger partial charge is 0.429 e. The summed E-state index contributed by atoms with van der Waals surface area (Å²) in [6, 6.07) is 6.97. The number of carbonyl (C=O) groups is 3. The summed E-state index contributed by atoms with van der Waals surface area (Å²) in [6.45, 7) is 0. The molecule has 1 fully saturated rings. The second-order valence-corrected chi connectivity index (χ2v) is 8.36. The predicted octanol–water partition coefficient (Wildman–Crippen LogP) is 5.38. The van der Waals surface area contributed by atoms with Gasteiger partial charge in [-0.05, 0) is 0 Å². The molecular weight excluding hydrogens is 602 g/mol. The molecule has 0 spiro atoms. The third-order valence-corrected chi connectivity index (χ3v) is 5.62. The van der Waals surface area contributed by atoms with Crippen LogP contribution in [0.2, 0.25) is 0 Å². The Morgan fingerprint density at radius 3 is 1.36 bits per heavy atom. The third kappa shape index (κ3) is 5.34. The van der Waals surface area contributed by atoms with Crippen LogP contribution in [0.1, 0.15) is 24.7 Å². The molecule has 0 aromatic heterocycles. The highest BCUT2D eigenvalue weighted by Crippen LogP contribution is 2.40. The van der Waals surface area contributed by atoms with Crippen molar-refractivity contribution in [1.82, 2.24) is 0 Å². The number of hydrogen-bond donors (Lipinski definition) is 0. The highest BCUT2D eigenvalue weighted by Gasteiger charge is 2.55. The Bertz CT molecular complexity index is 1470. The Hall–Kier alpha value is -4.67. The van der Waals surface area contributed by atoms with Gasteiger partial charge < -0.3 is 18.9 Å². The van der Waals surface area contributed by atoms with Gasteiger partial charge in [0.2, 0.25) is 76.0 Å². The maximum Gasteiger partial charge on any atom is 0.342 e. The van der Waals surface area contributed by atoms with Crippen LogP contribution < -0.4 is 9.47 Å². The van der Waals surface area contributed by atoms with Crippen molar-refractivity contribution >= 4 is 17.9 Å². The molecule has 1 heterocycles. The molecule has 42 heavy (non-hydrogen) atoms. The standard InChI is InChI=1S/C25H10F10O7/c26-11-13(28)17(32)21(18(33)14(11)29)39-9(36)6-25(24(38)41-23(42-25)8-4-2-1-3-5-8)7-10(37)40-22-19(34)15(30)12(27)16(31)20(22)35/h1-5,23H,6-7H2. The van der Waals surface area contributed by atoms with Gasteiger partial charge in [-0.3, -0.25) is 9.59 Å². The molecule has 4 rings (SSSR count). The zero-order valence-electron chi connectivity index (χ0n) is 20.0. The number of rotatable bonds is 7. The van der Waals surface area contributed by atoms with Gasteiger partial charge >= 0.3 is 17.9 Å². The van der Waals surface area contributed by atoms with Gasteiger partial charge in [-0.2, -0.15) is 17.6 Å². The second-order valence-electron chi connectivity index (χ2n) is 8.36. The van der Waals surface area contributed by atoms with Crippen LogP contribution in [-0.2, 0) is 23.9 Å². The van der Waals surface area contributed by atoms with Crippen LogP contribution in [0, 0.1) is 58.2 Å². The predicted molar refractivity (Wildman–Crippen MR) is 112 cm³/mol. The first-order valence-corrected chi connectivity index (χ1v) is 11.1. The molecule has 0 amide bonds. The van der Waals surface area contributed by atoms with Crippen molar-refractivity contribution in [2.45, 2.75) is 24.7 Å². The molecule has 1 saturated heterocycles. The first kappa shape index (κ1) is 30.3. The summed E-state index contributed by atoms with van der Waals surface area (Å²) in [7, 11) is 0. The minimum absolute atomic E-state index is 0.0639. The van der Waals surface area contributed by atoms with E-state index < -0.39 is 112 Å². The van der Waals surface area contributed by atoms with Crippen molar-refractivity contribution < 1.29 is 77.2 Å². The van der Waals surface area contributed by atoms with Crippen molar-refractivity contribution in [3.8, 4) is 11.5 Å². The van der Waals surface area contributed by atoms with Gasteiger partial charge in [-0.1, -0.05) is 30.3 Å². The Kier molecular flexibility index (Phi) is 8.15. The molecule has 0 saturated carbocycles. The monoisotopic (exact) mass is 612 g/mol. The SMILES string of the molecule is O=C(CC1(CC(=O)Oc2c(F)c(F)c(F)c(F)c2F)OC(c2ccccc2)OC1=O)Oc1c(F)c(F)c(F)c(F)c1F. The smallest absolute Gasteiger partial charge is 0.342 e. The van der Waals surface area contributed by atoms with Crippen molar-refractivity contribution in [3.05, 3.63) is 94.1 Å². The van der Waals surface area contributed by atoms with E-state index in [9.17, 15) is 58.3 Å². The summed E-state index contributed by atoms with van der Waals surface area (Å²) in [5, 5.41) is 0. The molecule has 0 bridgehead atoms. The van der Waals surface area contributed by atoms with Crippen molar-refractivity contribution in [2.24, 2.45) is 0 Å². The van der Waals surface area contributed by atoms with Gasteiger partial charge in [0.15, 0.2) is 5.60 Å². The fourth-order valence-electron chi connectivity index (χ4n) is 3.63. The fraction of sp³-hybridized carbons (Fsp3) is 0.160. The van der Waals surface area contributed by atoms with E-state index in [1.165, 1.54) is 30.3 Å². The number of benzene rings is 3. The zero-order valence-corrected chi connectivity index (χ0v) is 20.0. The number of ether oxygens (including phenoxy) is 4. The van der Waals surface area contributed by atoms with E-state index in [1.54, 1.807) is 0 Å². The molecule has 7 nitrogen and oxygen atoms in total. The van der Waals surface area contributed by atoms with Gasteiger partial charge in [0.25, 0.3) is 0 Å². The maximum atomic E-state index is 14.0. The van der Waals surface area contributed by atoms with Crippen LogP contribution in [0.3, 0.4) is 0 Å². The van der Waals surface area contributed by atoms with Crippen LogP contribution in [0.5, 0.6) is 11.5 Å². The van der Waals surface area contributed by atoms with E-state index in [1.807, 2.05) is 0 Å². The van der Waals surface area contributed by atoms with Crippen molar-refractivity contribution in [2.75, 3.05) is 0 Å². The fourth-order valence-corrected chi connectivity index (χ4v) is 3.63. The molecule has 1 aliphatic rings. The van der Waals surface area contributed by atoms with Crippen LogP contribution in [0.4, 0.5) is 43.9 Å². The van der Waals surface area contributed by atoms with Gasteiger partial charge in [0.1, 0.15) is 0 Å². The zero-order chi connectivity index (χ0) is 31.1. The number of carbonyl (C=O) groups excluding carboxylic acids is 3. The molecule has 222 valence electrons. The van der Waals surface area contributed by atoms with Crippen LogP contribution >= 0.6 is 0 Å². The lowest BCUT2D eigenvalue weighted by molar-refractivity contribution is -0.157. The molecule has 3 aromatic carbocycles. The molecule has 0 radical (unpaired) electrons. The Balaban J connectivity index is 1.67. The van der Waals surface area contributed by atoms with E-state index in [-0.39, 0.29) is 5.56 Å². The molecule has 3 aromatic rings. The summed E-state index contributed by atoms with van der Waals surface area (Å²) in [5.74, 6) is -35.3. The second kappa shape index (κ2) is 11.3. The van der Waals surface area contributed by atoms with Crippen molar-refractivity contribution in [1.29, 1.82) is 0 Å². The topological polar surface area (TPSA) is 88.1 Å². The summed E-state index contributed by atoms with van der Waals surface area (Å²) in [5.41, 5.74) is -2.88. The average Bonchev–Trinajstić information content (AvgIpc) is 3.28. The van der Waals surface area contributed by atoms with E-state index in [0.29, 0.717) is 0 Å². The van der Waals surface area contributed by atoms with E-state index in [0.717, 1.165) is 0 Å². The lowest BCUT2D eigenvalue weighted by Crippen LogP contribution is -2.43. The highest BCUT2D eigenvalue weighted by molar-refractivity contribution is 5.92. The molecule has 1 atom stereocenters. The van der Waals surface area contributed by atoms with Gasteiger partial charge in [-0.15, -0.1) is 0 Å². The van der Waals surface area contributed by atoms with Crippen LogP contribution in [0.25, 0.3) is 0 Å². The summed E-state index contributed by atoms with van der Waals surface area (Å²) >= 11 is 0. The first-order chi connectivity index (χ1) is 19.7. The Labute approximate surface area is 226 Å². The van der Waals surface area contributed by atoms with Crippen LogP contribution in [0.15, 0.2) is 30.3 Å². The number of hydrogen-bond acceptors (Lipinski definition) is 7. The molecule has 0 N–H and O–H groups in total. The van der Waals surface area contributed by atoms with Crippen molar-refractivity contribution in [3.63, 3.8) is 0 Å². The van der Waals surface area contributed by atoms with Gasteiger partial charge in [0, 0.05) is 5.56 Å². The molecule has 1 aliphatic heterocycles. The van der Waals surface area contributed by atoms with E-state index in [4.69, 9.17) is 9.47 Å². The maximum absolute atomic E-state index is 14.0. The highest BCUT2D eigenvalue weighted by atomic mass is 19.2. The Morgan fingerprint density at radius 2 is 0.976 bits per heavy atom. The third-order valence-electron chi connectivity index (χ3n) is 5.62. The quantitative estimate of drug-likeness (QED) is 0.117. The van der Waals surface area contributed by atoms with Gasteiger partial charge in [-0.25, -0.2) is 31.1 Å². The van der Waals surface area contributed by atoms with Crippen LogP contribution in [-0.4, -0.2) is 23.5 Å². The van der Waals surface area contributed by atoms with E-state index in [2.05, 4.69) is 9.47 Å². The summed E-state index contributed by atoms with van der Waals surface area (Å²) < 4.78 is 155.